The van der Waals surface area contributed by atoms with Crippen molar-refractivity contribution in [3.63, 3.8) is 0 Å². The zero-order valence-corrected chi connectivity index (χ0v) is 11.3. The Morgan fingerprint density at radius 2 is 1.55 bits per heavy atom. The first-order chi connectivity index (χ1) is 9.23. The molecule has 0 spiro atoms. The zero-order valence-electron chi connectivity index (χ0n) is 10.5. The maximum atomic E-state index is 12.6. The summed E-state index contributed by atoms with van der Waals surface area (Å²) < 4.78 is 62.4. The largest absolute Gasteiger partial charge is 0.416 e. The molecule has 0 saturated carbocycles. The van der Waals surface area contributed by atoms with Crippen LogP contribution in [0.3, 0.4) is 0 Å². The monoisotopic (exact) mass is 300 g/mol. The van der Waals surface area contributed by atoms with Gasteiger partial charge in [0.15, 0.2) is 0 Å². The Morgan fingerprint density at radius 1 is 0.950 bits per heavy atom. The van der Waals surface area contributed by atoms with Crippen molar-refractivity contribution in [1.82, 2.24) is 0 Å². The fourth-order valence-electron chi connectivity index (χ4n) is 1.85. The first kappa shape index (κ1) is 14.6. The maximum Gasteiger partial charge on any atom is 0.416 e. The van der Waals surface area contributed by atoms with Crippen molar-refractivity contribution in [2.45, 2.75) is 22.9 Å². The minimum Gasteiger partial charge on any atom is -0.219 e. The van der Waals surface area contributed by atoms with Crippen molar-refractivity contribution < 1.29 is 21.6 Å². The van der Waals surface area contributed by atoms with Gasteiger partial charge in [0.2, 0.25) is 9.84 Å². The molecule has 2 nitrogen and oxygen atoms in total. The lowest BCUT2D eigenvalue weighted by Gasteiger charge is -2.11. The summed E-state index contributed by atoms with van der Waals surface area (Å²) >= 11 is 0. The summed E-state index contributed by atoms with van der Waals surface area (Å²) in [6.07, 6.45) is -4.49. The number of benzene rings is 2. The van der Waals surface area contributed by atoms with E-state index in [1.165, 1.54) is 19.1 Å². The zero-order chi connectivity index (χ0) is 15.0. The molecule has 0 N–H and O–H groups in total. The van der Waals surface area contributed by atoms with E-state index >= 15 is 0 Å². The smallest absolute Gasteiger partial charge is 0.219 e. The number of alkyl halides is 3. The number of rotatable bonds is 2. The average molecular weight is 300 g/mol. The average Bonchev–Trinajstić information content (AvgIpc) is 2.38. The third kappa shape index (κ3) is 2.70. The lowest BCUT2D eigenvalue weighted by Crippen LogP contribution is -2.08. The van der Waals surface area contributed by atoms with E-state index in [9.17, 15) is 21.6 Å². The van der Waals surface area contributed by atoms with Gasteiger partial charge in [-0.2, -0.15) is 13.2 Å². The third-order valence-corrected chi connectivity index (χ3v) is 4.78. The van der Waals surface area contributed by atoms with Crippen molar-refractivity contribution >= 4 is 9.84 Å². The third-order valence-electron chi connectivity index (χ3n) is 2.85. The van der Waals surface area contributed by atoms with Gasteiger partial charge in [-0.25, -0.2) is 8.42 Å². The van der Waals surface area contributed by atoms with Crippen molar-refractivity contribution in [2.24, 2.45) is 0 Å². The Bertz CT molecular complexity index is 720. The van der Waals surface area contributed by atoms with E-state index in [2.05, 4.69) is 0 Å². The van der Waals surface area contributed by atoms with Gasteiger partial charge in [-0.15, -0.1) is 0 Å². The molecule has 0 aromatic heterocycles. The highest BCUT2D eigenvalue weighted by atomic mass is 32.2. The van der Waals surface area contributed by atoms with Crippen LogP contribution in [0.2, 0.25) is 0 Å². The quantitative estimate of drug-likeness (QED) is 0.844. The molecular weight excluding hydrogens is 289 g/mol. The van der Waals surface area contributed by atoms with Crippen molar-refractivity contribution in [3.8, 4) is 0 Å². The van der Waals surface area contributed by atoms with E-state index in [1.807, 2.05) is 0 Å². The molecule has 0 radical (unpaired) electrons. The molecule has 0 unspecified atom stereocenters. The number of hydrogen-bond donors (Lipinski definition) is 0. The predicted octanol–water partition coefficient (Wildman–Crippen LogP) is 3.85. The normalized spacial score (nSPS) is 12.4. The van der Waals surface area contributed by atoms with E-state index in [0.29, 0.717) is 0 Å². The topological polar surface area (TPSA) is 34.1 Å². The van der Waals surface area contributed by atoms with Crippen LogP contribution < -0.4 is 0 Å². The molecule has 106 valence electrons. The Balaban J connectivity index is 2.55. The molecule has 0 fully saturated rings. The van der Waals surface area contributed by atoms with Gasteiger partial charge in [-0.05, 0) is 42.8 Å². The highest BCUT2D eigenvalue weighted by Crippen LogP contribution is 2.32. The molecule has 20 heavy (non-hydrogen) atoms. The highest BCUT2D eigenvalue weighted by Gasteiger charge is 2.31. The van der Waals surface area contributed by atoms with Gasteiger partial charge in [0.05, 0.1) is 15.4 Å². The number of aryl methyl sites for hydroxylation is 1. The fourth-order valence-corrected chi connectivity index (χ4v) is 3.35. The van der Waals surface area contributed by atoms with Crippen LogP contribution in [0.4, 0.5) is 13.2 Å². The summed E-state index contributed by atoms with van der Waals surface area (Å²) in [6, 6.07) is 10.2. The van der Waals surface area contributed by atoms with E-state index in [1.54, 1.807) is 18.2 Å². The molecular formula is C14H11F3O2S. The molecule has 2 rings (SSSR count). The molecule has 0 bridgehead atoms. The molecule has 0 heterocycles. The van der Waals surface area contributed by atoms with Crippen LogP contribution in [0, 0.1) is 6.92 Å². The van der Waals surface area contributed by atoms with Gasteiger partial charge in [0, 0.05) is 0 Å². The molecule has 0 amide bonds. The standard InChI is InChI=1S/C14H11F3O2S/c1-10-9-11(14(15,16)17)7-8-13(10)20(18,19)12-5-3-2-4-6-12/h2-9H,1H3. The summed E-state index contributed by atoms with van der Waals surface area (Å²) in [7, 11) is -3.80. The second-order valence-corrected chi connectivity index (χ2v) is 6.21. The molecule has 0 saturated heterocycles. The molecule has 0 aliphatic rings. The Kier molecular flexibility index (Phi) is 3.60. The van der Waals surface area contributed by atoms with Crippen LogP contribution in [0.5, 0.6) is 0 Å². The second-order valence-electron chi connectivity index (χ2n) is 4.29. The molecule has 2 aromatic carbocycles. The number of hydrogen-bond acceptors (Lipinski definition) is 2. The molecule has 6 heteroatoms. The van der Waals surface area contributed by atoms with E-state index in [-0.39, 0.29) is 15.4 Å². The Labute approximate surface area is 114 Å². The lowest BCUT2D eigenvalue weighted by molar-refractivity contribution is -0.137. The first-order valence-corrected chi connectivity index (χ1v) is 7.19. The van der Waals surface area contributed by atoms with Gasteiger partial charge in [0.25, 0.3) is 0 Å². The van der Waals surface area contributed by atoms with Crippen LogP contribution in [0.25, 0.3) is 0 Å². The Morgan fingerprint density at radius 3 is 2.05 bits per heavy atom. The minimum absolute atomic E-state index is 0.0582. The molecule has 0 aliphatic carbocycles. The molecule has 0 atom stereocenters. The summed E-state index contributed by atoms with van der Waals surface area (Å²) in [5, 5.41) is 0. The van der Waals surface area contributed by atoms with Crippen LogP contribution in [0.15, 0.2) is 58.3 Å². The summed E-state index contributed by atoms with van der Waals surface area (Å²) in [5.74, 6) is 0. The maximum absolute atomic E-state index is 12.6. The SMILES string of the molecule is Cc1cc(C(F)(F)F)ccc1S(=O)(=O)c1ccccc1. The molecule has 2 aromatic rings. The van der Waals surface area contributed by atoms with Gasteiger partial charge < -0.3 is 0 Å². The van der Waals surface area contributed by atoms with Crippen molar-refractivity contribution in [1.29, 1.82) is 0 Å². The highest BCUT2D eigenvalue weighted by molar-refractivity contribution is 7.91. The van der Waals surface area contributed by atoms with Crippen LogP contribution in [-0.2, 0) is 16.0 Å². The van der Waals surface area contributed by atoms with E-state index in [0.717, 1.165) is 18.2 Å². The van der Waals surface area contributed by atoms with Gasteiger partial charge in [-0.3, -0.25) is 0 Å². The van der Waals surface area contributed by atoms with Gasteiger partial charge in [-0.1, -0.05) is 18.2 Å². The van der Waals surface area contributed by atoms with Crippen LogP contribution in [-0.4, -0.2) is 8.42 Å². The first-order valence-electron chi connectivity index (χ1n) is 5.71. The van der Waals surface area contributed by atoms with E-state index in [4.69, 9.17) is 0 Å². The van der Waals surface area contributed by atoms with E-state index < -0.39 is 21.6 Å². The number of halogens is 3. The Hall–Kier alpha value is -1.82. The van der Waals surface area contributed by atoms with Crippen LogP contribution in [0.1, 0.15) is 11.1 Å². The second kappa shape index (κ2) is 4.94. The number of sulfone groups is 1. The summed E-state index contributed by atoms with van der Waals surface area (Å²) in [4.78, 5) is -0.0560. The summed E-state index contributed by atoms with van der Waals surface area (Å²) in [5.41, 5.74) is -0.786. The van der Waals surface area contributed by atoms with Crippen LogP contribution >= 0.6 is 0 Å². The van der Waals surface area contributed by atoms with Gasteiger partial charge >= 0.3 is 6.18 Å². The van der Waals surface area contributed by atoms with Gasteiger partial charge in [0.1, 0.15) is 0 Å². The van der Waals surface area contributed by atoms with Crippen molar-refractivity contribution in [3.05, 3.63) is 59.7 Å². The lowest BCUT2D eigenvalue weighted by atomic mass is 10.1. The fraction of sp³-hybridized carbons (Fsp3) is 0.143. The predicted molar refractivity (Wildman–Crippen MR) is 68.1 cm³/mol. The molecule has 0 aliphatic heterocycles. The minimum atomic E-state index is -4.49. The van der Waals surface area contributed by atoms with Crippen molar-refractivity contribution in [2.75, 3.05) is 0 Å². The summed E-state index contributed by atoms with van der Waals surface area (Å²) in [6.45, 7) is 1.35.